The maximum absolute atomic E-state index is 11.8. The van der Waals surface area contributed by atoms with E-state index in [1.807, 2.05) is 39.0 Å². The van der Waals surface area contributed by atoms with Crippen molar-refractivity contribution in [2.45, 2.75) is 33.3 Å². The fourth-order valence-corrected chi connectivity index (χ4v) is 1.61. The molecule has 0 atom stereocenters. The van der Waals surface area contributed by atoms with E-state index < -0.39 is 0 Å². The summed E-state index contributed by atoms with van der Waals surface area (Å²) < 4.78 is 10.7. The molecule has 1 amide bonds. The molecular formula is C15H24N2O3. The highest BCUT2D eigenvalue weighted by molar-refractivity contribution is 5.92. The minimum absolute atomic E-state index is 0.0801. The molecule has 0 aliphatic rings. The zero-order chi connectivity index (χ0) is 15.0. The lowest BCUT2D eigenvalue weighted by atomic mass is 10.1. The van der Waals surface area contributed by atoms with Gasteiger partial charge in [0.1, 0.15) is 0 Å². The van der Waals surface area contributed by atoms with Crippen LogP contribution >= 0.6 is 0 Å². The predicted molar refractivity (Wildman–Crippen MR) is 80.7 cm³/mol. The fraction of sp³-hybridized carbons (Fsp3) is 0.533. The van der Waals surface area contributed by atoms with Gasteiger partial charge in [0.25, 0.3) is 0 Å². The highest BCUT2D eigenvalue weighted by Gasteiger charge is 2.06. The smallest absolute Gasteiger partial charge is 0.226 e. The van der Waals surface area contributed by atoms with Crippen molar-refractivity contribution in [3.05, 3.63) is 23.8 Å². The first kappa shape index (κ1) is 16.5. The Morgan fingerprint density at radius 3 is 2.75 bits per heavy atom. The zero-order valence-corrected chi connectivity index (χ0v) is 12.4. The van der Waals surface area contributed by atoms with Crippen LogP contribution in [0, 0.1) is 6.92 Å². The molecule has 5 nitrogen and oxygen atoms in total. The van der Waals surface area contributed by atoms with Crippen molar-refractivity contribution >= 4 is 17.3 Å². The second kappa shape index (κ2) is 8.55. The molecule has 20 heavy (non-hydrogen) atoms. The van der Waals surface area contributed by atoms with E-state index in [2.05, 4.69) is 5.32 Å². The summed E-state index contributed by atoms with van der Waals surface area (Å²) >= 11 is 0. The monoisotopic (exact) mass is 280 g/mol. The largest absolute Gasteiger partial charge is 0.398 e. The molecule has 0 unspecified atom stereocenters. The van der Waals surface area contributed by atoms with E-state index in [0.717, 1.165) is 11.3 Å². The average molecular weight is 280 g/mol. The van der Waals surface area contributed by atoms with Gasteiger partial charge in [-0.25, -0.2) is 0 Å². The number of rotatable bonds is 8. The molecule has 1 aromatic rings. The van der Waals surface area contributed by atoms with Gasteiger partial charge in [0.2, 0.25) is 5.91 Å². The van der Waals surface area contributed by atoms with Crippen molar-refractivity contribution in [2.75, 3.05) is 30.9 Å². The van der Waals surface area contributed by atoms with Crippen molar-refractivity contribution in [1.82, 2.24) is 0 Å². The third-order valence-corrected chi connectivity index (χ3v) is 2.80. The number of anilines is 2. The van der Waals surface area contributed by atoms with Crippen LogP contribution in [0.15, 0.2) is 18.2 Å². The van der Waals surface area contributed by atoms with Crippen molar-refractivity contribution in [2.24, 2.45) is 0 Å². The Kier molecular flexibility index (Phi) is 7.04. The molecule has 0 spiro atoms. The molecule has 0 saturated carbocycles. The van der Waals surface area contributed by atoms with Gasteiger partial charge in [-0.15, -0.1) is 0 Å². The molecule has 0 radical (unpaired) electrons. The van der Waals surface area contributed by atoms with Gasteiger partial charge in [-0.05, 0) is 38.5 Å². The number of nitrogen functional groups attached to an aromatic ring is 1. The summed E-state index contributed by atoms with van der Waals surface area (Å²) in [6, 6.07) is 5.46. The SMILES string of the molecule is Cc1c(N)cccc1NC(=O)CCOCCOC(C)C. The van der Waals surface area contributed by atoms with Crippen LogP contribution in [0.5, 0.6) is 0 Å². The molecule has 0 fully saturated rings. The van der Waals surface area contributed by atoms with Gasteiger partial charge in [-0.2, -0.15) is 0 Å². The maximum Gasteiger partial charge on any atom is 0.226 e. The molecule has 5 heteroatoms. The maximum atomic E-state index is 11.8. The lowest BCUT2D eigenvalue weighted by molar-refractivity contribution is -0.117. The van der Waals surface area contributed by atoms with E-state index in [1.54, 1.807) is 0 Å². The normalized spacial score (nSPS) is 10.8. The topological polar surface area (TPSA) is 73.6 Å². The number of benzene rings is 1. The minimum Gasteiger partial charge on any atom is -0.398 e. The summed E-state index contributed by atoms with van der Waals surface area (Å²) in [5.41, 5.74) is 8.09. The quantitative estimate of drug-likeness (QED) is 0.566. The lowest BCUT2D eigenvalue weighted by Gasteiger charge is -2.10. The summed E-state index contributed by atoms with van der Waals surface area (Å²) in [5.74, 6) is -0.0801. The van der Waals surface area contributed by atoms with Gasteiger partial charge in [-0.1, -0.05) is 6.07 Å². The first-order valence-electron chi connectivity index (χ1n) is 6.85. The summed E-state index contributed by atoms with van der Waals surface area (Å²) in [7, 11) is 0. The Balaban J connectivity index is 2.22. The summed E-state index contributed by atoms with van der Waals surface area (Å²) in [6.45, 7) is 7.26. The van der Waals surface area contributed by atoms with E-state index in [0.29, 0.717) is 31.9 Å². The summed E-state index contributed by atoms with van der Waals surface area (Å²) in [4.78, 5) is 11.8. The van der Waals surface area contributed by atoms with Crippen LogP contribution in [0.3, 0.4) is 0 Å². The highest BCUT2D eigenvalue weighted by atomic mass is 16.5. The number of carbonyl (C=O) groups is 1. The number of carbonyl (C=O) groups excluding carboxylic acids is 1. The van der Waals surface area contributed by atoms with Gasteiger partial charge >= 0.3 is 0 Å². The standard InChI is InChI=1S/C15H24N2O3/c1-11(2)20-10-9-19-8-7-15(18)17-14-6-4-5-13(16)12(14)3/h4-6,11H,7-10,16H2,1-3H3,(H,17,18). The Morgan fingerprint density at radius 2 is 2.05 bits per heavy atom. The van der Waals surface area contributed by atoms with E-state index >= 15 is 0 Å². The predicted octanol–water partition coefficient (Wildman–Crippen LogP) is 2.35. The first-order chi connectivity index (χ1) is 9.50. The van der Waals surface area contributed by atoms with Crippen LogP contribution in [0.1, 0.15) is 25.8 Å². The Hall–Kier alpha value is -1.59. The van der Waals surface area contributed by atoms with Crippen LogP contribution in [-0.2, 0) is 14.3 Å². The molecule has 0 aromatic heterocycles. The van der Waals surface area contributed by atoms with Gasteiger partial charge in [0.15, 0.2) is 0 Å². The molecule has 0 aliphatic heterocycles. The number of nitrogens with two attached hydrogens (primary N) is 1. The van der Waals surface area contributed by atoms with E-state index in [-0.39, 0.29) is 12.0 Å². The minimum atomic E-state index is -0.0801. The fourth-order valence-electron chi connectivity index (χ4n) is 1.61. The van der Waals surface area contributed by atoms with Gasteiger partial charge < -0.3 is 20.5 Å². The number of ether oxygens (including phenoxy) is 2. The van der Waals surface area contributed by atoms with Crippen molar-refractivity contribution in [3.63, 3.8) is 0 Å². The first-order valence-corrected chi connectivity index (χ1v) is 6.85. The van der Waals surface area contributed by atoms with Crippen LogP contribution < -0.4 is 11.1 Å². The lowest BCUT2D eigenvalue weighted by Crippen LogP contribution is -2.16. The number of nitrogens with one attached hydrogen (secondary N) is 1. The summed E-state index contributed by atoms with van der Waals surface area (Å²) in [6.07, 6.45) is 0.518. The van der Waals surface area contributed by atoms with E-state index in [4.69, 9.17) is 15.2 Å². The summed E-state index contributed by atoms with van der Waals surface area (Å²) in [5, 5.41) is 2.83. The molecule has 112 valence electrons. The number of hydrogen-bond acceptors (Lipinski definition) is 4. The zero-order valence-electron chi connectivity index (χ0n) is 12.4. The van der Waals surface area contributed by atoms with Crippen molar-refractivity contribution < 1.29 is 14.3 Å². The molecule has 0 bridgehead atoms. The van der Waals surface area contributed by atoms with Crippen LogP contribution in [0.2, 0.25) is 0 Å². The van der Waals surface area contributed by atoms with E-state index in [1.165, 1.54) is 0 Å². The van der Waals surface area contributed by atoms with Crippen molar-refractivity contribution in [1.29, 1.82) is 0 Å². The average Bonchev–Trinajstić information content (AvgIpc) is 2.39. The molecule has 0 heterocycles. The van der Waals surface area contributed by atoms with Crippen LogP contribution in [0.25, 0.3) is 0 Å². The molecular weight excluding hydrogens is 256 g/mol. The third-order valence-electron chi connectivity index (χ3n) is 2.80. The number of hydrogen-bond donors (Lipinski definition) is 2. The molecule has 0 aliphatic carbocycles. The molecule has 1 aromatic carbocycles. The molecule has 1 rings (SSSR count). The Bertz CT molecular complexity index is 433. The Labute approximate surface area is 120 Å². The molecule has 0 saturated heterocycles. The Morgan fingerprint density at radius 1 is 1.30 bits per heavy atom. The van der Waals surface area contributed by atoms with E-state index in [9.17, 15) is 4.79 Å². The van der Waals surface area contributed by atoms with Gasteiger partial charge in [-0.3, -0.25) is 4.79 Å². The van der Waals surface area contributed by atoms with Crippen molar-refractivity contribution in [3.8, 4) is 0 Å². The van der Waals surface area contributed by atoms with Crippen LogP contribution in [0.4, 0.5) is 11.4 Å². The van der Waals surface area contributed by atoms with Gasteiger partial charge in [0, 0.05) is 11.4 Å². The second-order valence-electron chi connectivity index (χ2n) is 4.85. The second-order valence-corrected chi connectivity index (χ2v) is 4.85. The third kappa shape index (κ3) is 6.04. The molecule has 3 N–H and O–H groups in total. The van der Waals surface area contributed by atoms with Crippen LogP contribution in [-0.4, -0.2) is 31.8 Å². The highest BCUT2D eigenvalue weighted by Crippen LogP contribution is 2.20. The number of amides is 1. The van der Waals surface area contributed by atoms with Gasteiger partial charge in [0.05, 0.1) is 32.3 Å².